The van der Waals surface area contributed by atoms with Crippen molar-refractivity contribution in [2.75, 3.05) is 0 Å². The molecule has 0 spiro atoms. The second kappa shape index (κ2) is 12.5. The zero-order chi connectivity index (χ0) is 32.5. The number of benzene rings is 4. The van der Waals surface area contributed by atoms with Crippen molar-refractivity contribution >= 4 is 49.6 Å². The normalized spacial score (nSPS) is 11.2. The van der Waals surface area contributed by atoms with E-state index >= 15 is 0 Å². The van der Waals surface area contributed by atoms with E-state index in [4.69, 9.17) is 4.74 Å². The highest BCUT2D eigenvalue weighted by Crippen LogP contribution is 2.32. The number of carbonyl (C=O) groups is 1. The van der Waals surface area contributed by atoms with E-state index in [1.165, 1.54) is 28.5 Å². The zero-order valence-electron chi connectivity index (χ0n) is 26.5. The Kier molecular flexibility index (Phi) is 7.98. The van der Waals surface area contributed by atoms with Gasteiger partial charge in [-0.3, -0.25) is 14.8 Å². The largest absolute Gasteiger partial charge is 0.461 e. The van der Waals surface area contributed by atoms with Crippen LogP contribution in [-0.2, 0) is 22.7 Å². The van der Waals surface area contributed by atoms with Gasteiger partial charge < -0.3 is 19.8 Å². The van der Waals surface area contributed by atoms with Gasteiger partial charge >= 0.3 is 5.97 Å². The molecule has 7 heteroatoms. The molecular weight excluding hydrogens is 584 g/mol. The van der Waals surface area contributed by atoms with E-state index < -0.39 is 0 Å². The van der Waals surface area contributed by atoms with Crippen LogP contribution >= 0.6 is 0 Å². The Balaban J connectivity index is 0.000000151. The van der Waals surface area contributed by atoms with Crippen molar-refractivity contribution in [2.45, 2.75) is 34.0 Å². The summed E-state index contributed by atoms with van der Waals surface area (Å²) in [4.78, 5) is 26.6. The van der Waals surface area contributed by atoms with Crippen molar-refractivity contribution in [1.29, 1.82) is 0 Å². The third kappa shape index (κ3) is 5.96. The number of nitrogens with one attached hydrogen (secondary N) is 2. The van der Waals surface area contributed by atoms with Gasteiger partial charge in [0.05, 0.1) is 29.0 Å². The summed E-state index contributed by atoms with van der Waals surface area (Å²) < 4.78 is 5.10. The third-order valence-corrected chi connectivity index (χ3v) is 8.57. The summed E-state index contributed by atoms with van der Waals surface area (Å²) in [5, 5.41) is 14.1. The second-order valence-electron chi connectivity index (χ2n) is 11.7. The van der Waals surface area contributed by atoms with Gasteiger partial charge in [-0.2, -0.15) is 0 Å². The van der Waals surface area contributed by atoms with Crippen molar-refractivity contribution in [3.05, 3.63) is 132 Å². The molecule has 0 aliphatic heterocycles. The maximum Gasteiger partial charge on any atom is 0.302 e. The summed E-state index contributed by atoms with van der Waals surface area (Å²) in [6.07, 6.45) is 3.70. The standard InChI is InChI=1S/C21H18N2O2.C19H16N2O/c1-13-21-18(8-9-22-13)19-11-17(6-7-20(19)23-21)16-5-3-4-15(10-16)12-25-14(2)24;1-12-19-16(7-8-20-12)17-10-15(5-6-18(17)21-19)14-4-2-3-13(9-14)11-22/h3-11,23H,12H2,1-2H3;2-10,21-22H,11H2,1H3. The summed E-state index contributed by atoms with van der Waals surface area (Å²) >= 11 is 0. The lowest BCUT2D eigenvalue weighted by Crippen LogP contribution is -1.98. The first-order chi connectivity index (χ1) is 22.9. The molecule has 3 N–H and O–H groups in total. The van der Waals surface area contributed by atoms with Gasteiger partial charge in [0.1, 0.15) is 6.61 Å². The summed E-state index contributed by atoms with van der Waals surface area (Å²) in [5.41, 5.74) is 12.8. The lowest BCUT2D eigenvalue weighted by Gasteiger charge is -2.06. The summed E-state index contributed by atoms with van der Waals surface area (Å²) in [6, 6.07) is 33.0. The molecule has 232 valence electrons. The number of pyridine rings is 2. The monoisotopic (exact) mass is 618 g/mol. The molecule has 0 aliphatic carbocycles. The summed E-state index contributed by atoms with van der Waals surface area (Å²) in [5.74, 6) is -0.269. The average molecular weight is 619 g/mol. The van der Waals surface area contributed by atoms with Crippen LogP contribution in [0.25, 0.3) is 65.9 Å². The molecule has 0 saturated heterocycles. The van der Waals surface area contributed by atoms with Crippen LogP contribution in [0.3, 0.4) is 0 Å². The molecule has 0 atom stereocenters. The highest BCUT2D eigenvalue weighted by molar-refractivity contribution is 6.10. The smallest absolute Gasteiger partial charge is 0.302 e. The van der Waals surface area contributed by atoms with Gasteiger partial charge in [0.2, 0.25) is 0 Å². The highest BCUT2D eigenvalue weighted by Gasteiger charge is 2.10. The van der Waals surface area contributed by atoms with Gasteiger partial charge in [-0.05, 0) is 95.8 Å². The molecule has 4 heterocycles. The lowest BCUT2D eigenvalue weighted by molar-refractivity contribution is -0.142. The number of aliphatic hydroxyl groups is 1. The number of nitrogens with zero attached hydrogens (tertiary/aromatic N) is 2. The maximum absolute atomic E-state index is 11.0. The predicted molar refractivity (Wildman–Crippen MR) is 189 cm³/mol. The van der Waals surface area contributed by atoms with E-state index in [0.717, 1.165) is 66.8 Å². The number of fused-ring (bicyclic) bond motifs is 6. The molecule has 0 aliphatic rings. The van der Waals surface area contributed by atoms with Crippen LogP contribution in [0.2, 0.25) is 0 Å². The van der Waals surface area contributed by atoms with Crippen LogP contribution < -0.4 is 0 Å². The van der Waals surface area contributed by atoms with Gasteiger partial charge in [-0.15, -0.1) is 0 Å². The zero-order valence-corrected chi connectivity index (χ0v) is 26.5. The first-order valence-electron chi connectivity index (χ1n) is 15.5. The quantitative estimate of drug-likeness (QED) is 0.167. The van der Waals surface area contributed by atoms with E-state index in [1.807, 2.05) is 62.6 Å². The van der Waals surface area contributed by atoms with Gasteiger partial charge in [-0.1, -0.05) is 48.5 Å². The van der Waals surface area contributed by atoms with E-state index in [-0.39, 0.29) is 12.6 Å². The molecule has 0 saturated carbocycles. The fourth-order valence-corrected chi connectivity index (χ4v) is 6.15. The molecule has 0 amide bonds. The molecule has 7 nitrogen and oxygen atoms in total. The molecule has 8 rings (SSSR count). The topological polar surface area (TPSA) is 104 Å². The molecule has 0 bridgehead atoms. The van der Waals surface area contributed by atoms with Gasteiger partial charge in [-0.25, -0.2) is 0 Å². The Bertz CT molecular complexity index is 2420. The molecule has 0 fully saturated rings. The summed E-state index contributed by atoms with van der Waals surface area (Å²) in [7, 11) is 0. The molecule has 0 unspecified atom stereocenters. The Morgan fingerprint density at radius 1 is 0.638 bits per heavy atom. The number of H-pyrrole nitrogens is 2. The molecule has 4 aromatic heterocycles. The van der Waals surface area contributed by atoms with Crippen molar-refractivity contribution in [2.24, 2.45) is 0 Å². The Labute approximate surface area is 271 Å². The van der Waals surface area contributed by atoms with E-state index in [9.17, 15) is 9.90 Å². The first-order valence-corrected chi connectivity index (χ1v) is 15.5. The van der Waals surface area contributed by atoms with Crippen molar-refractivity contribution in [1.82, 2.24) is 19.9 Å². The van der Waals surface area contributed by atoms with Crippen molar-refractivity contribution in [3.63, 3.8) is 0 Å². The predicted octanol–water partition coefficient (Wildman–Crippen LogP) is 8.94. The lowest BCUT2D eigenvalue weighted by atomic mass is 10.0. The highest BCUT2D eigenvalue weighted by atomic mass is 16.5. The minimum atomic E-state index is -0.269. The van der Waals surface area contributed by atoms with Crippen molar-refractivity contribution < 1.29 is 14.6 Å². The Morgan fingerprint density at radius 3 is 1.64 bits per heavy atom. The van der Waals surface area contributed by atoms with E-state index in [1.54, 1.807) is 0 Å². The molecule has 0 radical (unpaired) electrons. The number of rotatable bonds is 5. The van der Waals surface area contributed by atoms with E-state index in [2.05, 4.69) is 80.6 Å². The number of aromatic nitrogens is 4. The Hall–Kier alpha value is -5.79. The van der Waals surface area contributed by atoms with Gasteiger partial charge in [0, 0.05) is 51.9 Å². The first kappa shape index (κ1) is 29.9. The number of aliphatic hydroxyl groups excluding tert-OH is 1. The second-order valence-corrected chi connectivity index (χ2v) is 11.7. The van der Waals surface area contributed by atoms with Crippen LogP contribution in [0.4, 0.5) is 0 Å². The molecular formula is C40H34N4O3. The molecule has 4 aromatic carbocycles. The number of aromatic amines is 2. The number of carbonyl (C=O) groups excluding carboxylic acids is 1. The average Bonchev–Trinajstić information content (AvgIpc) is 3.67. The van der Waals surface area contributed by atoms with Crippen LogP contribution in [0.5, 0.6) is 0 Å². The maximum atomic E-state index is 11.0. The number of esters is 1. The van der Waals surface area contributed by atoms with E-state index in [0.29, 0.717) is 6.61 Å². The van der Waals surface area contributed by atoms with Gasteiger partial charge in [0.25, 0.3) is 0 Å². The third-order valence-electron chi connectivity index (χ3n) is 8.57. The SMILES string of the molecule is CC(=O)OCc1cccc(-c2ccc3[nH]c4c(C)nccc4c3c2)c1.Cc1nccc2c1[nH]c1ccc(-c3cccc(CO)c3)cc12. The number of hydrogen-bond donors (Lipinski definition) is 3. The Morgan fingerprint density at radius 2 is 1.13 bits per heavy atom. The number of aryl methyl sites for hydroxylation is 2. The number of ether oxygens (including phenoxy) is 1. The summed E-state index contributed by atoms with van der Waals surface area (Å²) in [6.45, 7) is 5.81. The van der Waals surface area contributed by atoms with Crippen LogP contribution in [0.15, 0.2) is 109 Å². The molecule has 8 aromatic rings. The minimum Gasteiger partial charge on any atom is -0.461 e. The fraction of sp³-hybridized carbons (Fsp3) is 0.125. The van der Waals surface area contributed by atoms with Crippen LogP contribution in [0.1, 0.15) is 29.4 Å². The van der Waals surface area contributed by atoms with Crippen molar-refractivity contribution in [3.8, 4) is 22.3 Å². The number of hydrogen-bond acceptors (Lipinski definition) is 5. The fourth-order valence-electron chi connectivity index (χ4n) is 6.15. The van der Waals surface area contributed by atoms with Crippen LogP contribution in [-0.4, -0.2) is 31.0 Å². The molecule has 47 heavy (non-hydrogen) atoms. The van der Waals surface area contributed by atoms with Crippen LogP contribution in [0, 0.1) is 13.8 Å². The minimum absolute atomic E-state index is 0.0635. The van der Waals surface area contributed by atoms with Gasteiger partial charge in [0.15, 0.2) is 0 Å².